The molecule has 0 aliphatic carbocycles. The van der Waals surface area contributed by atoms with Gasteiger partial charge in [0.25, 0.3) is 0 Å². The van der Waals surface area contributed by atoms with E-state index < -0.39 is 0 Å². The molecule has 0 spiro atoms. The van der Waals surface area contributed by atoms with E-state index in [2.05, 4.69) is 25.1 Å². The molecule has 0 bridgehead atoms. The fourth-order valence-electron chi connectivity index (χ4n) is 0.987. The van der Waals surface area contributed by atoms with Gasteiger partial charge in [0.05, 0.1) is 0 Å². The number of hydrogen-bond acceptors (Lipinski definition) is 2. The van der Waals surface area contributed by atoms with Crippen LogP contribution in [0.3, 0.4) is 0 Å². The van der Waals surface area contributed by atoms with Crippen LogP contribution in [0.4, 0.5) is 0 Å². The van der Waals surface area contributed by atoms with Crippen LogP contribution in [0.25, 0.3) is 0 Å². The lowest BCUT2D eigenvalue weighted by Crippen LogP contribution is -1.91. The van der Waals surface area contributed by atoms with Gasteiger partial charge in [0.1, 0.15) is 0 Å². The van der Waals surface area contributed by atoms with Crippen molar-refractivity contribution in [3.05, 3.63) is 29.1 Å². The summed E-state index contributed by atoms with van der Waals surface area (Å²) in [5, 5.41) is 0. The van der Waals surface area contributed by atoms with Gasteiger partial charge in [-0.1, -0.05) is 13.8 Å². The largest absolute Gasteiger partial charge is 0.264 e. The molecule has 1 aromatic rings. The van der Waals surface area contributed by atoms with Gasteiger partial charge in [-0.2, -0.15) is 11.8 Å². The van der Waals surface area contributed by atoms with Gasteiger partial charge < -0.3 is 0 Å². The molecule has 1 aromatic heterocycles. The average molecular weight is 197 g/mol. The van der Waals surface area contributed by atoms with Crippen LogP contribution in [0, 0.1) is 13.8 Å². The molecule has 1 nitrogen and oxygen atoms in total. The van der Waals surface area contributed by atoms with Crippen LogP contribution in [0.15, 0.2) is 12.4 Å². The minimum Gasteiger partial charge on any atom is -0.264 e. The third-order valence-electron chi connectivity index (χ3n) is 1.87. The van der Waals surface area contributed by atoms with Gasteiger partial charge in [-0.3, -0.25) is 4.98 Å². The topological polar surface area (TPSA) is 12.9 Å². The van der Waals surface area contributed by atoms with E-state index in [0.29, 0.717) is 0 Å². The lowest BCUT2D eigenvalue weighted by molar-refractivity contribution is 1.15. The van der Waals surface area contributed by atoms with E-state index >= 15 is 0 Å². The molecule has 0 N–H and O–H groups in total. The molecule has 0 aliphatic heterocycles. The van der Waals surface area contributed by atoms with Crippen LogP contribution < -0.4 is 0 Å². The number of hydrogen-bond donors (Lipinski definition) is 0. The molecule has 74 valence electrons. The Labute approximate surface area is 86.0 Å². The van der Waals surface area contributed by atoms with Crippen LogP contribution in [0.2, 0.25) is 0 Å². The predicted molar refractivity (Wildman–Crippen MR) is 62.3 cm³/mol. The van der Waals surface area contributed by atoms with Gasteiger partial charge in [-0.25, -0.2) is 0 Å². The van der Waals surface area contributed by atoms with E-state index in [9.17, 15) is 0 Å². The summed E-state index contributed by atoms with van der Waals surface area (Å²) in [4.78, 5) is 4.15. The molecular weight excluding hydrogens is 178 g/mol. The fourth-order valence-corrected chi connectivity index (χ4v) is 1.59. The zero-order valence-electron chi connectivity index (χ0n) is 9.22. The highest BCUT2D eigenvalue weighted by atomic mass is 32.2. The maximum Gasteiger partial charge on any atom is 0.0311 e. The van der Waals surface area contributed by atoms with Gasteiger partial charge in [-0.05, 0) is 36.8 Å². The van der Waals surface area contributed by atoms with Crippen molar-refractivity contribution in [1.29, 1.82) is 0 Å². The Kier molecular flexibility index (Phi) is 6.69. The molecule has 0 saturated heterocycles. The quantitative estimate of drug-likeness (QED) is 0.718. The van der Waals surface area contributed by atoms with Crippen LogP contribution >= 0.6 is 11.8 Å². The highest BCUT2D eigenvalue weighted by molar-refractivity contribution is 7.97. The van der Waals surface area contributed by atoms with Crippen LogP contribution in [0.1, 0.15) is 30.5 Å². The van der Waals surface area contributed by atoms with Crippen molar-refractivity contribution < 1.29 is 0 Å². The van der Waals surface area contributed by atoms with E-state index in [0.717, 1.165) is 5.75 Å². The van der Waals surface area contributed by atoms with Crippen molar-refractivity contribution in [2.75, 3.05) is 6.26 Å². The van der Waals surface area contributed by atoms with E-state index in [4.69, 9.17) is 0 Å². The summed E-state index contributed by atoms with van der Waals surface area (Å²) in [6, 6.07) is 0. The molecule has 0 aromatic carbocycles. The van der Waals surface area contributed by atoms with Gasteiger partial charge in [-0.15, -0.1) is 0 Å². The van der Waals surface area contributed by atoms with E-state index in [-0.39, 0.29) is 0 Å². The first-order valence-electron chi connectivity index (χ1n) is 4.64. The number of aryl methyl sites for hydroxylation is 1. The normalized spacial score (nSPS) is 9.00. The maximum atomic E-state index is 4.15. The third kappa shape index (κ3) is 3.81. The molecule has 0 atom stereocenters. The first kappa shape index (κ1) is 12.5. The van der Waals surface area contributed by atoms with E-state index in [1.807, 2.05) is 38.0 Å². The minimum absolute atomic E-state index is 1.07. The predicted octanol–water partition coefficient (Wildman–Crippen LogP) is 3.59. The number of rotatable bonds is 2. The molecule has 1 heterocycles. The Bertz CT molecular complexity index is 246. The molecule has 0 unspecified atom stereocenters. The molecule has 2 heteroatoms. The minimum atomic E-state index is 1.07. The molecular formula is C11H19NS. The Morgan fingerprint density at radius 3 is 2.38 bits per heavy atom. The van der Waals surface area contributed by atoms with Crippen LogP contribution in [0.5, 0.6) is 0 Å². The summed E-state index contributed by atoms with van der Waals surface area (Å²) in [7, 11) is 0. The average Bonchev–Trinajstić information content (AvgIpc) is 2.17. The number of nitrogens with zero attached hydrogens (tertiary/aromatic N) is 1. The summed E-state index contributed by atoms with van der Waals surface area (Å²) in [5.74, 6) is 1.07. The fraction of sp³-hybridized carbons (Fsp3) is 0.545. The van der Waals surface area contributed by atoms with Gasteiger partial charge >= 0.3 is 0 Å². The zero-order valence-corrected chi connectivity index (χ0v) is 10.0. The Balaban J connectivity index is 0.000000671. The maximum absolute atomic E-state index is 4.15. The smallest absolute Gasteiger partial charge is 0.0311 e. The van der Waals surface area contributed by atoms with Crippen LogP contribution in [-0.4, -0.2) is 11.2 Å². The lowest BCUT2D eigenvalue weighted by atomic mass is 10.1. The van der Waals surface area contributed by atoms with Gasteiger partial charge in [0, 0.05) is 18.1 Å². The highest BCUT2D eigenvalue weighted by Gasteiger charge is 1.99. The molecule has 1 rings (SSSR count). The standard InChI is InChI=1S/C9H13NS.C2H6/c1-7-4-10-5-9(6-11-3)8(7)2;1-2/h4-5H,6H2,1-3H3;1-2H3. The van der Waals surface area contributed by atoms with Gasteiger partial charge in [0.2, 0.25) is 0 Å². The number of thioether (sulfide) groups is 1. The second kappa shape index (κ2) is 6.96. The first-order valence-corrected chi connectivity index (χ1v) is 6.04. The molecule has 0 saturated carbocycles. The third-order valence-corrected chi connectivity index (χ3v) is 2.47. The summed E-state index contributed by atoms with van der Waals surface area (Å²) >= 11 is 1.84. The van der Waals surface area contributed by atoms with Gasteiger partial charge in [0.15, 0.2) is 0 Å². The molecule has 0 fully saturated rings. The van der Waals surface area contributed by atoms with Crippen molar-refractivity contribution in [3.8, 4) is 0 Å². The molecule has 13 heavy (non-hydrogen) atoms. The summed E-state index contributed by atoms with van der Waals surface area (Å²) < 4.78 is 0. The Morgan fingerprint density at radius 2 is 1.85 bits per heavy atom. The number of aromatic nitrogens is 1. The molecule has 0 aliphatic rings. The lowest BCUT2D eigenvalue weighted by Gasteiger charge is -2.04. The zero-order chi connectivity index (χ0) is 10.3. The van der Waals surface area contributed by atoms with E-state index in [1.54, 1.807) is 0 Å². The number of pyridine rings is 1. The SMILES string of the molecule is CC.CSCc1cncc(C)c1C. The van der Waals surface area contributed by atoms with E-state index in [1.165, 1.54) is 16.7 Å². The summed E-state index contributed by atoms with van der Waals surface area (Å²) in [6.07, 6.45) is 5.99. The van der Waals surface area contributed by atoms with Crippen molar-refractivity contribution in [2.24, 2.45) is 0 Å². The summed E-state index contributed by atoms with van der Waals surface area (Å²) in [5.41, 5.74) is 4.03. The molecule has 0 amide bonds. The summed E-state index contributed by atoms with van der Waals surface area (Å²) in [6.45, 7) is 8.26. The first-order chi connectivity index (χ1) is 6.25. The second-order valence-corrected chi connectivity index (χ2v) is 3.54. The second-order valence-electron chi connectivity index (χ2n) is 2.67. The highest BCUT2D eigenvalue weighted by Crippen LogP contribution is 2.15. The Hall–Kier alpha value is -0.500. The monoisotopic (exact) mass is 197 g/mol. The molecule has 0 radical (unpaired) electrons. The Morgan fingerprint density at radius 1 is 1.23 bits per heavy atom. The van der Waals surface area contributed by atoms with Crippen molar-refractivity contribution in [1.82, 2.24) is 4.98 Å². The van der Waals surface area contributed by atoms with Crippen molar-refractivity contribution in [2.45, 2.75) is 33.4 Å². The van der Waals surface area contributed by atoms with Crippen LogP contribution in [-0.2, 0) is 5.75 Å². The van der Waals surface area contributed by atoms with Crippen molar-refractivity contribution in [3.63, 3.8) is 0 Å². The van der Waals surface area contributed by atoms with Crippen molar-refractivity contribution >= 4 is 11.8 Å².